The summed E-state index contributed by atoms with van der Waals surface area (Å²) in [6.07, 6.45) is 0. The highest BCUT2D eigenvalue weighted by Crippen LogP contribution is 2.18. The molecule has 0 fully saturated rings. The number of rotatable bonds is 3. The highest BCUT2D eigenvalue weighted by molar-refractivity contribution is 5.29. The molecular formula is C29H40O. The molecule has 0 unspecified atom stereocenters. The van der Waals surface area contributed by atoms with Gasteiger partial charge in [-0.1, -0.05) is 113 Å². The average molecular weight is 405 g/mol. The van der Waals surface area contributed by atoms with Crippen molar-refractivity contribution in [1.29, 1.82) is 0 Å². The van der Waals surface area contributed by atoms with Crippen molar-refractivity contribution in [2.75, 3.05) is 0 Å². The van der Waals surface area contributed by atoms with Crippen molar-refractivity contribution in [2.24, 2.45) is 0 Å². The van der Waals surface area contributed by atoms with Gasteiger partial charge in [-0.2, -0.15) is 0 Å². The molecule has 0 spiro atoms. The maximum atomic E-state index is 9.06. The molecule has 162 valence electrons. The summed E-state index contributed by atoms with van der Waals surface area (Å²) in [6.45, 7) is 17.3. The topological polar surface area (TPSA) is 20.2 Å². The maximum Gasteiger partial charge on any atom is 0.115 e. The predicted molar refractivity (Wildman–Crippen MR) is 133 cm³/mol. The minimum atomic E-state index is 0.353. The van der Waals surface area contributed by atoms with Gasteiger partial charge in [-0.3, -0.25) is 0 Å². The summed E-state index contributed by atoms with van der Waals surface area (Å²) in [5, 5.41) is 9.06. The Kier molecular flexibility index (Phi) is 11.0. The largest absolute Gasteiger partial charge is 0.508 e. The van der Waals surface area contributed by atoms with Gasteiger partial charge in [0.25, 0.3) is 0 Å². The SMILES string of the molecule is CC(C)c1cccc(O)c1.Cc1ccc(C(C)C)cc1.Cc1cccc(C(C)C)c1. The van der Waals surface area contributed by atoms with Gasteiger partial charge in [0, 0.05) is 0 Å². The van der Waals surface area contributed by atoms with Crippen LogP contribution in [0.15, 0.2) is 72.8 Å². The fourth-order valence-corrected chi connectivity index (χ4v) is 2.86. The van der Waals surface area contributed by atoms with E-state index in [1.165, 1.54) is 27.8 Å². The standard InChI is InChI=1S/2C10H14.C9H12O/c1-8(2)10-6-4-9(3)5-7-10;1-8(2)10-6-4-5-9(3)7-10;1-7(2)8-4-3-5-9(10)6-8/h2*4-8H,1-3H3;3-7,10H,1-2H3. The van der Waals surface area contributed by atoms with E-state index in [2.05, 4.69) is 104 Å². The van der Waals surface area contributed by atoms with Crippen LogP contribution in [0.3, 0.4) is 0 Å². The van der Waals surface area contributed by atoms with Crippen LogP contribution < -0.4 is 0 Å². The molecular weight excluding hydrogens is 364 g/mol. The fraction of sp³-hybridized carbons (Fsp3) is 0.379. The molecule has 0 amide bonds. The van der Waals surface area contributed by atoms with E-state index in [0.29, 0.717) is 23.5 Å². The Bertz CT molecular complexity index is 808. The minimum Gasteiger partial charge on any atom is -0.508 e. The maximum absolute atomic E-state index is 9.06. The Labute approximate surface area is 184 Å². The average Bonchev–Trinajstić information content (AvgIpc) is 2.69. The van der Waals surface area contributed by atoms with Crippen molar-refractivity contribution >= 4 is 0 Å². The zero-order chi connectivity index (χ0) is 22.7. The molecule has 30 heavy (non-hydrogen) atoms. The number of phenolic OH excluding ortho intramolecular Hbond substituents is 1. The van der Waals surface area contributed by atoms with Crippen LogP contribution in [0.4, 0.5) is 0 Å². The molecule has 0 saturated heterocycles. The normalized spacial score (nSPS) is 10.4. The van der Waals surface area contributed by atoms with Gasteiger partial charge in [-0.15, -0.1) is 0 Å². The molecule has 0 aromatic heterocycles. The van der Waals surface area contributed by atoms with Crippen LogP contribution in [0.1, 0.15) is 87.1 Å². The summed E-state index contributed by atoms with van der Waals surface area (Å²) in [7, 11) is 0. The lowest BCUT2D eigenvalue weighted by atomic mass is 10.0. The first-order valence-corrected chi connectivity index (χ1v) is 11.0. The predicted octanol–water partition coefficient (Wildman–Crippen LogP) is 8.75. The van der Waals surface area contributed by atoms with E-state index in [9.17, 15) is 0 Å². The Morgan fingerprint density at radius 3 is 1.33 bits per heavy atom. The Balaban J connectivity index is 0.000000225. The fourth-order valence-electron chi connectivity index (χ4n) is 2.86. The second kappa shape index (κ2) is 12.9. The molecule has 0 aliphatic heterocycles. The highest BCUT2D eigenvalue weighted by atomic mass is 16.3. The van der Waals surface area contributed by atoms with E-state index >= 15 is 0 Å². The van der Waals surface area contributed by atoms with Gasteiger partial charge in [-0.25, -0.2) is 0 Å². The Morgan fingerprint density at radius 1 is 0.500 bits per heavy atom. The highest BCUT2D eigenvalue weighted by Gasteiger charge is 1.98. The van der Waals surface area contributed by atoms with Crippen molar-refractivity contribution in [3.05, 3.63) is 101 Å². The van der Waals surface area contributed by atoms with E-state index in [-0.39, 0.29) is 0 Å². The lowest BCUT2D eigenvalue weighted by molar-refractivity contribution is 0.474. The summed E-state index contributed by atoms with van der Waals surface area (Å²) < 4.78 is 0. The molecule has 0 bridgehead atoms. The van der Waals surface area contributed by atoms with Gasteiger partial charge in [0.2, 0.25) is 0 Å². The Morgan fingerprint density at radius 2 is 0.967 bits per heavy atom. The smallest absolute Gasteiger partial charge is 0.115 e. The van der Waals surface area contributed by atoms with Crippen LogP contribution in [0, 0.1) is 13.8 Å². The number of aryl methyl sites for hydroxylation is 2. The molecule has 3 aromatic carbocycles. The van der Waals surface area contributed by atoms with E-state index in [0.717, 1.165) is 0 Å². The first-order valence-electron chi connectivity index (χ1n) is 11.0. The molecule has 1 heteroatoms. The summed E-state index contributed by atoms with van der Waals surface area (Å²) in [4.78, 5) is 0. The molecule has 3 aromatic rings. The van der Waals surface area contributed by atoms with E-state index in [1.807, 2.05) is 12.1 Å². The zero-order valence-corrected chi connectivity index (χ0v) is 20.1. The molecule has 0 heterocycles. The number of hydrogen-bond donors (Lipinski definition) is 1. The van der Waals surface area contributed by atoms with Gasteiger partial charge < -0.3 is 5.11 Å². The number of benzene rings is 3. The van der Waals surface area contributed by atoms with Crippen LogP contribution in [0.2, 0.25) is 0 Å². The third-order valence-electron chi connectivity index (χ3n) is 4.99. The van der Waals surface area contributed by atoms with Gasteiger partial charge in [-0.05, 0) is 60.4 Å². The minimum absolute atomic E-state index is 0.353. The van der Waals surface area contributed by atoms with Crippen molar-refractivity contribution in [1.82, 2.24) is 0 Å². The summed E-state index contributed by atoms with van der Waals surface area (Å²) >= 11 is 0. The summed E-state index contributed by atoms with van der Waals surface area (Å²) in [6, 6.07) is 24.7. The van der Waals surface area contributed by atoms with Crippen LogP contribution in [-0.4, -0.2) is 5.11 Å². The molecule has 0 aliphatic carbocycles. The van der Waals surface area contributed by atoms with Crippen LogP contribution in [0.25, 0.3) is 0 Å². The molecule has 1 nitrogen and oxygen atoms in total. The van der Waals surface area contributed by atoms with Crippen LogP contribution in [0.5, 0.6) is 5.75 Å². The van der Waals surface area contributed by atoms with Crippen LogP contribution in [-0.2, 0) is 0 Å². The third-order valence-corrected chi connectivity index (χ3v) is 4.99. The summed E-state index contributed by atoms with van der Waals surface area (Å²) in [5.74, 6) is 2.15. The quantitative estimate of drug-likeness (QED) is 0.462. The molecule has 0 radical (unpaired) electrons. The lowest BCUT2D eigenvalue weighted by Gasteiger charge is -2.04. The molecule has 0 saturated carbocycles. The molecule has 0 atom stereocenters. The lowest BCUT2D eigenvalue weighted by Crippen LogP contribution is -1.86. The second-order valence-electron chi connectivity index (χ2n) is 8.88. The van der Waals surface area contributed by atoms with Gasteiger partial charge in [0.05, 0.1) is 0 Å². The molecule has 0 aliphatic rings. The van der Waals surface area contributed by atoms with Crippen molar-refractivity contribution in [2.45, 2.75) is 73.1 Å². The molecule has 1 N–H and O–H groups in total. The van der Waals surface area contributed by atoms with E-state index in [4.69, 9.17) is 5.11 Å². The van der Waals surface area contributed by atoms with Crippen LogP contribution >= 0.6 is 0 Å². The third kappa shape index (κ3) is 9.78. The van der Waals surface area contributed by atoms with Crippen molar-refractivity contribution in [3.63, 3.8) is 0 Å². The number of hydrogen-bond acceptors (Lipinski definition) is 1. The second-order valence-corrected chi connectivity index (χ2v) is 8.88. The van der Waals surface area contributed by atoms with E-state index in [1.54, 1.807) is 12.1 Å². The van der Waals surface area contributed by atoms with E-state index < -0.39 is 0 Å². The van der Waals surface area contributed by atoms with Crippen molar-refractivity contribution in [3.8, 4) is 5.75 Å². The van der Waals surface area contributed by atoms with Gasteiger partial charge >= 0.3 is 0 Å². The van der Waals surface area contributed by atoms with Gasteiger partial charge in [0.1, 0.15) is 5.75 Å². The monoisotopic (exact) mass is 404 g/mol. The summed E-state index contributed by atoms with van der Waals surface area (Å²) in [5.41, 5.74) is 6.72. The number of aromatic hydroxyl groups is 1. The Hall–Kier alpha value is -2.54. The number of phenols is 1. The van der Waals surface area contributed by atoms with Gasteiger partial charge in [0.15, 0.2) is 0 Å². The first kappa shape index (κ1) is 25.5. The van der Waals surface area contributed by atoms with Crippen molar-refractivity contribution < 1.29 is 5.11 Å². The molecule has 3 rings (SSSR count). The first-order chi connectivity index (χ1) is 14.1. The zero-order valence-electron chi connectivity index (χ0n) is 20.1.